The fourth-order valence-electron chi connectivity index (χ4n) is 2.13. The van der Waals surface area contributed by atoms with Crippen LogP contribution < -0.4 is 10.1 Å². The number of rotatable bonds is 5. The Kier molecular flexibility index (Phi) is 3.83. The first-order valence-corrected chi connectivity index (χ1v) is 7.35. The van der Waals surface area contributed by atoms with Crippen LogP contribution in [-0.2, 0) is 6.42 Å². The monoisotopic (exact) mass is 284 g/mol. The predicted molar refractivity (Wildman–Crippen MR) is 84.8 cm³/mol. The largest absolute Gasteiger partial charge is 0.497 e. The Bertz CT molecular complexity index is 691. The van der Waals surface area contributed by atoms with E-state index in [1.54, 1.807) is 7.11 Å². The van der Waals surface area contributed by atoms with Gasteiger partial charge in [-0.15, -0.1) is 0 Å². The summed E-state index contributed by atoms with van der Waals surface area (Å²) in [6.07, 6.45) is 0.982. The molecule has 0 saturated heterocycles. The Hall–Kier alpha value is -2.07. The van der Waals surface area contributed by atoms with Gasteiger partial charge < -0.3 is 10.1 Å². The normalized spacial score (nSPS) is 10.7. The van der Waals surface area contributed by atoms with Crippen LogP contribution in [0.2, 0.25) is 0 Å². The van der Waals surface area contributed by atoms with Crippen LogP contribution in [0.25, 0.3) is 10.9 Å². The van der Waals surface area contributed by atoms with Gasteiger partial charge in [-0.1, -0.05) is 24.3 Å². The zero-order chi connectivity index (χ0) is 13.8. The molecule has 0 spiro atoms. The summed E-state index contributed by atoms with van der Waals surface area (Å²) < 4.78 is 9.59. The minimum Gasteiger partial charge on any atom is -0.497 e. The van der Waals surface area contributed by atoms with Crippen LogP contribution in [0.4, 0.5) is 5.00 Å². The van der Waals surface area contributed by atoms with Crippen LogP contribution in [0.5, 0.6) is 5.75 Å². The second-order valence-electron chi connectivity index (χ2n) is 4.55. The summed E-state index contributed by atoms with van der Waals surface area (Å²) in [7, 11) is 1.69. The molecule has 0 amide bonds. The van der Waals surface area contributed by atoms with E-state index >= 15 is 0 Å². The summed E-state index contributed by atoms with van der Waals surface area (Å²) in [5, 5.41) is 5.82. The molecule has 0 bridgehead atoms. The smallest absolute Gasteiger partial charge is 0.118 e. The third-order valence-electron chi connectivity index (χ3n) is 3.24. The topological polar surface area (TPSA) is 34.1 Å². The van der Waals surface area contributed by atoms with Gasteiger partial charge in [-0.3, -0.25) is 0 Å². The highest BCUT2D eigenvalue weighted by atomic mass is 32.1. The molecule has 3 aromatic rings. The van der Waals surface area contributed by atoms with Crippen molar-refractivity contribution in [3.05, 3.63) is 54.1 Å². The Morgan fingerprint density at radius 3 is 2.70 bits per heavy atom. The van der Waals surface area contributed by atoms with Crippen molar-refractivity contribution in [2.45, 2.75) is 6.42 Å². The van der Waals surface area contributed by atoms with Gasteiger partial charge in [0, 0.05) is 11.9 Å². The van der Waals surface area contributed by atoms with Crippen molar-refractivity contribution >= 4 is 27.4 Å². The van der Waals surface area contributed by atoms with Gasteiger partial charge in [0.15, 0.2) is 0 Å². The standard InChI is InChI=1S/C16H16N2OS/c1-19-13-8-6-12(7-9-13)10-11-17-16-14-4-2-3-5-15(14)18-20-16/h2-9,17H,10-11H2,1H3. The van der Waals surface area contributed by atoms with Crippen molar-refractivity contribution in [3.63, 3.8) is 0 Å². The van der Waals surface area contributed by atoms with Crippen molar-refractivity contribution in [1.29, 1.82) is 0 Å². The summed E-state index contributed by atoms with van der Waals surface area (Å²) in [6.45, 7) is 0.901. The molecular formula is C16H16N2OS. The van der Waals surface area contributed by atoms with Gasteiger partial charge >= 0.3 is 0 Å². The molecule has 0 unspecified atom stereocenters. The second kappa shape index (κ2) is 5.92. The van der Waals surface area contributed by atoms with E-state index in [4.69, 9.17) is 4.74 Å². The third kappa shape index (κ3) is 2.75. The SMILES string of the molecule is COc1ccc(CCNc2snc3ccccc23)cc1. The maximum absolute atomic E-state index is 5.16. The zero-order valence-corrected chi connectivity index (χ0v) is 12.1. The molecule has 3 nitrogen and oxygen atoms in total. The molecule has 0 aliphatic heterocycles. The molecule has 4 heteroatoms. The lowest BCUT2D eigenvalue weighted by Crippen LogP contribution is -2.03. The first-order chi connectivity index (χ1) is 9.86. The molecule has 0 aliphatic rings. The number of methoxy groups -OCH3 is 1. The van der Waals surface area contributed by atoms with Gasteiger partial charge in [-0.25, -0.2) is 0 Å². The minimum atomic E-state index is 0.898. The molecule has 20 heavy (non-hydrogen) atoms. The number of benzene rings is 2. The molecule has 2 aromatic carbocycles. The average molecular weight is 284 g/mol. The number of anilines is 1. The van der Waals surface area contributed by atoms with Gasteiger partial charge in [-0.2, -0.15) is 4.37 Å². The van der Waals surface area contributed by atoms with E-state index in [1.165, 1.54) is 22.5 Å². The minimum absolute atomic E-state index is 0.898. The zero-order valence-electron chi connectivity index (χ0n) is 11.3. The van der Waals surface area contributed by atoms with Gasteiger partial charge in [0.1, 0.15) is 10.8 Å². The highest BCUT2D eigenvalue weighted by Gasteiger charge is 2.04. The van der Waals surface area contributed by atoms with E-state index in [-0.39, 0.29) is 0 Å². The van der Waals surface area contributed by atoms with E-state index in [9.17, 15) is 0 Å². The Balaban J connectivity index is 1.62. The second-order valence-corrected chi connectivity index (χ2v) is 5.33. The van der Waals surface area contributed by atoms with Crippen molar-refractivity contribution < 1.29 is 4.74 Å². The summed E-state index contributed by atoms with van der Waals surface area (Å²) in [6, 6.07) is 16.4. The van der Waals surface area contributed by atoms with E-state index in [0.29, 0.717) is 0 Å². The maximum Gasteiger partial charge on any atom is 0.118 e. The third-order valence-corrected chi connectivity index (χ3v) is 4.08. The van der Waals surface area contributed by atoms with Crippen molar-refractivity contribution in [3.8, 4) is 5.75 Å². The van der Waals surface area contributed by atoms with E-state index in [1.807, 2.05) is 30.3 Å². The Morgan fingerprint density at radius 2 is 1.90 bits per heavy atom. The molecule has 1 N–H and O–H groups in total. The molecule has 1 heterocycles. The summed E-state index contributed by atoms with van der Waals surface area (Å²) in [5.41, 5.74) is 2.36. The fourth-order valence-corrected chi connectivity index (χ4v) is 2.92. The van der Waals surface area contributed by atoms with Gasteiger partial charge in [0.2, 0.25) is 0 Å². The van der Waals surface area contributed by atoms with Crippen LogP contribution in [0.15, 0.2) is 48.5 Å². The van der Waals surface area contributed by atoms with Crippen molar-refractivity contribution in [2.24, 2.45) is 0 Å². The molecule has 0 aliphatic carbocycles. The highest BCUT2D eigenvalue weighted by molar-refractivity contribution is 7.11. The van der Waals surface area contributed by atoms with Crippen LogP contribution in [0.1, 0.15) is 5.56 Å². The Labute approximate surface area is 122 Å². The highest BCUT2D eigenvalue weighted by Crippen LogP contribution is 2.27. The number of ether oxygens (including phenoxy) is 1. The van der Waals surface area contributed by atoms with E-state index in [2.05, 4.69) is 27.9 Å². The number of hydrogen-bond acceptors (Lipinski definition) is 4. The lowest BCUT2D eigenvalue weighted by molar-refractivity contribution is 0.414. The lowest BCUT2D eigenvalue weighted by atomic mass is 10.1. The van der Waals surface area contributed by atoms with Crippen LogP contribution in [0, 0.1) is 0 Å². The molecular weight excluding hydrogens is 268 g/mol. The van der Waals surface area contributed by atoms with Gasteiger partial charge in [-0.05, 0) is 47.8 Å². The molecule has 102 valence electrons. The summed E-state index contributed by atoms with van der Waals surface area (Å²) in [5.74, 6) is 0.898. The van der Waals surface area contributed by atoms with Crippen LogP contribution in [-0.4, -0.2) is 18.0 Å². The molecule has 0 saturated carbocycles. The van der Waals surface area contributed by atoms with Gasteiger partial charge in [0.25, 0.3) is 0 Å². The predicted octanol–water partition coefficient (Wildman–Crippen LogP) is 3.96. The molecule has 3 rings (SSSR count). The van der Waals surface area contributed by atoms with Gasteiger partial charge in [0.05, 0.1) is 12.6 Å². The lowest BCUT2D eigenvalue weighted by Gasteiger charge is -2.05. The van der Waals surface area contributed by atoms with Crippen LogP contribution in [0.3, 0.4) is 0 Å². The van der Waals surface area contributed by atoms with Crippen LogP contribution >= 0.6 is 11.5 Å². The first-order valence-electron chi connectivity index (χ1n) is 6.58. The first kappa shape index (κ1) is 12.9. The number of nitrogens with zero attached hydrogens (tertiary/aromatic N) is 1. The quantitative estimate of drug-likeness (QED) is 0.770. The summed E-state index contributed by atoms with van der Waals surface area (Å²) >= 11 is 1.52. The summed E-state index contributed by atoms with van der Waals surface area (Å²) in [4.78, 5) is 0. The average Bonchev–Trinajstić information content (AvgIpc) is 2.92. The molecule has 0 atom stereocenters. The maximum atomic E-state index is 5.16. The molecule has 1 aromatic heterocycles. The Morgan fingerprint density at radius 1 is 1.10 bits per heavy atom. The molecule has 0 fully saturated rings. The number of hydrogen-bond donors (Lipinski definition) is 1. The van der Waals surface area contributed by atoms with E-state index in [0.717, 1.165) is 29.2 Å². The van der Waals surface area contributed by atoms with E-state index < -0.39 is 0 Å². The number of nitrogens with one attached hydrogen (secondary N) is 1. The number of aromatic nitrogens is 1. The van der Waals surface area contributed by atoms with Crippen molar-refractivity contribution in [2.75, 3.05) is 19.0 Å². The fraction of sp³-hybridized carbons (Fsp3) is 0.188. The molecule has 0 radical (unpaired) electrons. The van der Waals surface area contributed by atoms with Crippen molar-refractivity contribution in [1.82, 2.24) is 4.37 Å². The number of fused-ring (bicyclic) bond motifs is 1.